The van der Waals surface area contributed by atoms with Gasteiger partial charge in [0.25, 0.3) is 0 Å². The lowest BCUT2D eigenvalue weighted by atomic mass is 10.1. The number of aliphatic hydroxyl groups excluding tert-OH is 2. The average molecular weight is 323 g/mol. The van der Waals surface area contributed by atoms with Crippen molar-refractivity contribution >= 4 is 15.9 Å². The maximum Gasteiger partial charge on any atom is 0.141 e. The summed E-state index contributed by atoms with van der Waals surface area (Å²) in [5.74, 6) is 1.26. The van der Waals surface area contributed by atoms with E-state index in [1.165, 1.54) is 0 Å². The van der Waals surface area contributed by atoms with Crippen LogP contribution >= 0.6 is 15.9 Å². The van der Waals surface area contributed by atoms with Crippen molar-refractivity contribution in [3.63, 3.8) is 0 Å². The third-order valence-corrected chi connectivity index (χ3v) is 3.42. The Morgan fingerprint density at radius 1 is 1.16 bits per heavy atom. The standard InChI is InChI=1S/C15H15BrO3/c1-10(18)11-6-7-15(13(16)8-11)19-14-5-3-2-4-12(14)9-17/h2-8,10,17-18H,9H2,1H3/t10-/m0/s1. The van der Waals surface area contributed by atoms with E-state index in [9.17, 15) is 10.2 Å². The Hall–Kier alpha value is -1.36. The molecule has 0 fully saturated rings. The zero-order chi connectivity index (χ0) is 13.8. The van der Waals surface area contributed by atoms with E-state index in [0.717, 1.165) is 15.6 Å². The van der Waals surface area contributed by atoms with Gasteiger partial charge in [0.1, 0.15) is 11.5 Å². The first-order valence-corrected chi connectivity index (χ1v) is 6.75. The molecule has 0 saturated carbocycles. The summed E-state index contributed by atoms with van der Waals surface area (Å²) in [6, 6.07) is 12.7. The van der Waals surface area contributed by atoms with Crippen molar-refractivity contribution in [1.82, 2.24) is 0 Å². The van der Waals surface area contributed by atoms with Crippen LogP contribution in [-0.2, 0) is 6.61 Å². The lowest BCUT2D eigenvalue weighted by Crippen LogP contribution is -1.94. The molecule has 0 aliphatic heterocycles. The predicted molar refractivity (Wildman–Crippen MR) is 77.2 cm³/mol. The van der Waals surface area contributed by atoms with Gasteiger partial charge in [-0.3, -0.25) is 0 Å². The Labute approximate surface area is 120 Å². The molecule has 0 amide bonds. The summed E-state index contributed by atoms with van der Waals surface area (Å²) in [6.07, 6.45) is -0.518. The van der Waals surface area contributed by atoms with Crippen molar-refractivity contribution in [3.8, 4) is 11.5 Å². The highest BCUT2D eigenvalue weighted by atomic mass is 79.9. The van der Waals surface area contributed by atoms with Crippen LogP contribution in [0.3, 0.4) is 0 Å². The second kappa shape index (κ2) is 6.19. The van der Waals surface area contributed by atoms with E-state index < -0.39 is 6.10 Å². The number of hydrogen-bond donors (Lipinski definition) is 2. The minimum Gasteiger partial charge on any atom is -0.456 e. The lowest BCUT2D eigenvalue weighted by molar-refractivity contribution is 0.199. The molecule has 1 atom stereocenters. The van der Waals surface area contributed by atoms with E-state index in [-0.39, 0.29) is 6.61 Å². The average Bonchev–Trinajstić information content (AvgIpc) is 2.41. The molecule has 0 saturated heterocycles. The Balaban J connectivity index is 2.28. The zero-order valence-electron chi connectivity index (χ0n) is 10.5. The molecule has 19 heavy (non-hydrogen) atoms. The highest BCUT2D eigenvalue weighted by molar-refractivity contribution is 9.10. The van der Waals surface area contributed by atoms with Gasteiger partial charge in [-0.05, 0) is 46.6 Å². The number of hydrogen-bond acceptors (Lipinski definition) is 3. The van der Waals surface area contributed by atoms with Gasteiger partial charge in [-0.15, -0.1) is 0 Å². The number of benzene rings is 2. The summed E-state index contributed by atoms with van der Waals surface area (Å²) >= 11 is 3.42. The third kappa shape index (κ3) is 3.35. The van der Waals surface area contributed by atoms with Crippen LogP contribution in [0.1, 0.15) is 24.2 Å². The van der Waals surface area contributed by atoms with Crippen LogP contribution < -0.4 is 4.74 Å². The largest absolute Gasteiger partial charge is 0.456 e. The van der Waals surface area contributed by atoms with Gasteiger partial charge in [-0.1, -0.05) is 24.3 Å². The first-order chi connectivity index (χ1) is 9.11. The van der Waals surface area contributed by atoms with Crippen LogP contribution in [0.25, 0.3) is 0 Å². The monoisotopic (exact) mass is 322 g/mol. The second-order valence-electron chi connectivity index (χ2n) is 4.23. The molecular formula is C15H15BrO3. The molecule has 0 aromatic heterocycles. The minimum absolute atomic E-state index is 0.0699. The van der Waals surface area contributed by atoms with Gasteiger partial charge < -0.3 is 14.9 Å². The lowest BCUT2D eigenvalue weighted by Gasteiger charge is -2.12. The molecule has 2 aromatic rings. The van der Waals surface area contributed by atoms with Crippen LogP contribution in [0, 0.1) is 0 Å². The van der Waals surface area contributed by atoms with Crippen molar-refractivity contribution in [2.24, 2.45) is 0 Å². The fourth-order valence-corrected chi connectivity index (χ4v) is 2.19. The molecule has 0 aliphatic rings. The molecule has 0 unspecified atom stereocenters. The Bertz CT molecular complexity index is 567. The predicted octanol–water partition coefficient (Wildman–Crippen LogP) is 3.79. The highest BCUT2D eigenvalue weighted by Gasteiger charge is 2.09. The molecule has 2 aromatic carbocycles. The molecule has 4 heteroatoms. The van der Waals surface area contributed by atoms with Gasteiger partial charge >= 0.3 is 0 Å². The highest BCUT2D eigenvalue weighted by Crippen LogP contribution is 2.33. The summed E-state index contributed by atoms with van der Waals surface area (Å²) in [5.41, 5.74) is 1.55. The van der Waals surface area contributed by atoms with E-state index in [1.807, 2.05) is 30.3 Å². The SMILES string of the molecule is C[C@H](O)c1ccc(Oc2ccccc2CO)c(Br)c1. The number of rotatable bonds is 4. The number of para-hydroxylation sites is 1. The molecule has 0 spiro atoms. The van der Waals surface area contributed by atoms with Crippen LogP contribution in [-0.4, -0.2) is 10.2 Å². The van der Waals surface area contributed by atoms with Crippen LogP contribution in [0.5, 0.6) is 11.5 Å². The third-order valence-electron chi connectivity index (χ3n) is 2.80. The fourth-order valence-electron chi connectivity index (χ4n) is 1.71. The molecular weight excluding hydrogens is 308 g/mol. The van der Waals surface area contributed by atoms with Gasteiger partial charge in [0.15, 0.2) is 0 Å². The Kier molecular flexibility index (Phi) is 4.58. The van der Waals surface area contributed by atoms with Crippen molar-refractivity contribution in [3.05, 3.63) is 58.1 Å². The molecule has 0 heterocycles. The number of aliphatic hydroxyl groups is 2. The quantitative estimate of drug-likeness (QED) is 0.900. The Morgan fingerprint density at radius 3 is 2.53 bits per heavy atom. The molecule has 0 bridgehead atoms. The van der Waals surface area contributed by atoms with E-state index >= 15 is 0 Å². The minimum atomic E-state index is -0.518. The smallest absolute Gasteiger partial charge is 0.141 e. The van der Waals surface area contributed by atoms with Gasteiger partial charge in [-0.25, -0.2) is 0 Å². The molecule has 0 radical (unpaired) electrons. The van der Waals surface area contributed by atoms with E-state index in [4.69, 9.17) is 4.74 Å². The van der Waals surface area contributed by atoms with Crippen molar-refractivity contribution in [2.75, 3.05) is 0 Å². The topological polar surface area (TPSA) is 49.7 Å². The molecule has 2 N–H and O–H groups in total. The summed E-state index contributed by atoms with van der Waals surface area (Å²) in [6.45, 7) is 1.64. The van der Waals surface area contributed by atoms with Gasteiger partial charge in [0.05, 0.1) is 17.2 Å². The molecule has 100 valence electrons. The van der Waals surface area contributed by atoms with Crippen molar-refractivity contribution < 1.29 is 14.9 Å². The maximum atomic E-state index is 9.52. The summed E-state index contributed by atoms with van der Waals surface area (Å²) < 4.78 is 6.54. The van der Waals surface area contributed by atoms with E-state index in [1.54, 1.807) is 19.1 Å². The summed E-state index contributed by atoms with van der Waals surface area (Å²) in [4.78, 5) is 0. The van der Waals surface area contributed by atoms with Crippen LogP contribution in [0.4, 0.5) is 0 Å². The van der Waals surface area contributed by atoms with Gasteiger partial charge in [0, 0.05) is 5.56 Å². The maximum absolute atomic E-state index is 9.52. The van der Waals surface area contributed by atoms with Gasteiger partial charge in [-0.2, -0.15) is 0 Å². The van der Waals surface area contributed by atoms with Crippen molar-refractivity contribution in [1.29, 1.82) is 0 Å². The number of ether oxygens (including phenoxy) is 1. The van der Waals surface area contributed by atoms with E-state index in [0.29, 0.717) is 11.5 Å². The molecule has 0 aliphatic carbocycles. The Morgan fingerprint density at radius 2 is 1.89 bits per heavy atom. The van der Waals surface area contributed by atoms with Gasteiger partial charge in [0.2, 0.25) is 0 Å². The normalized spacial score (nSPS) is 12.2. The first-order valence-electron chi connectivity index (χ1n) is 5.96. The van der Waals surface area contributed by atoms with Crippen LogP contribution in [0.15, 0.2) is 46.9 Å². The second-order valence-corrected chi connectivity index (χ2v) is 5.09. The summed E-state index contributed by atoms with van der Waals surface area (Å²) in [7, 11) is 0. The summed E-state index contributed by atoms with van der Waals surface area (Å²) in [5, 5.41) is 18.8. The zero-order valence-corrected chi connectivity index (χ0v) is 12.1. The molecule has 2 rings (SSSR count). The molecule has 3 nitrogen and oxygen atoms in total. The van der Waals surface area contributed by atoms with E-state index in [2.05, 4.69) is 15.9 Å². The van der Waals surface area contributed by atoms with Crippen LogP contribution in [0.2, 0.25) is 0 Å². The first kappa shape index (κ1) is 14.1. The fraction of sp³-hybridized carbons (Fsp3) is 0.200. The number of halogens is 1. The van der Waals surface area contributed by atoms with Crippen molar-refractivity contribution in [2.45, 2.75) is 19.6 Å².